The first-order valence-electron chi connectivity index (χ1n) is 8.51. The van der Waals surface area contributed by atoms with Crippen LogP contribution in [-0.2, 0) is 11.3 Å². The van der Waals surface area contributed by atoms with Crippen LogP contribution in [0.2, 0.25) is 0 Å². The molecule has 8 heteroatoms. The van der Waals surface area contributed by atoms with Crippen LogP contribution >= 0.6 is 34.8 Å². The molecule has 26 heavy (non-hydrogen) atoms. The first-order chi connectivity index (χ1) is 12.2. The number of esters is 1. The Morgan fingerprint density at radius 3 is 2.31 bits per heavy atom. The zero-order valence-electron chi connectivity index (χ0n) is 15.2. The van der Waals surface area contributed by atoms with E-state index < -0.39 is 9.76 Å². The molecule has 1 aromatic carbocycles. The average molecular weight is 425 g/mol. The maximum absolute atomic E-state index is 12.6. The van der Waals surface area contributed by atoms with Gasteiger partial charge < -0.3 is 14.6 Å². The maximum Gasteiger partial charge on any atom is 0.342 e. The third-order valence-electron chi connectivity index (χ3n) is 4.64. The molecule has 0 atom stereocenters. The van der Waals surface area contributed by atoms with Crippen molar-refractivity contribution in [3.63, 3.8) is 0 Å². The van der Waals surface area contributed by atoms with Crippen molar-refractivity contribution in [1.29, 1.82) is 0 Å². The number of phenolic OH excluding ortho intramolecular Hbond substituents is 1. The lowest BCUT2D eigenvalue weighted by atomic mass is 9.95. The zero-order chi connectivity index (χ0) is 19.5. The number of rotatable bonds is 5. The first-order valence-corrected chi connectivity index (χ1v) is 9.64. The highest BCUT2D eigenvalue weighted by Gasteiger charge is 2.29. The molecule has 1 aliphatic heterocycles. The number of piperidine rings is 1. The lowest BCUT2D eigenvalue weighted by molar-refractivity contribution is 0.0507. The minimum atomic E-state index is -1.70. The molecule has 1 aromatic rings. The van der Waals surface area contributed by atoms with Crippen LogP contribution in [-0.4, -0.2) is 46.6 Å². The van der Waals surface area contributed by atoms with Gasteiger partial charge >= 0.3 is 5.97 Å². The van der Waals surface area contributed by atoms with Gasteiger partial charge in [-0.25, -0.2) is 4.79 Å². The van der Waals surface area contributed by atoms with Crippen LogP contribution in [0.5, 0.6) is 11.5 Å². The number of halogens is 3. The third kappa shape index (κ3) is 5.10. The topological polar surface area (TPSA) is 59.0 Å². The summed E-state index contributed by atoms with van der Waals surface area (Å²) in [7, 11) is 1.44. The van der Waals surface area contributed by atoms with Gasteiger partial charge in [-0.15, -0.1) is 0 Å². The molecule has 0 radical (unpaired) electrons. The van der Waals surface area contributed by atoms with Gasteiger partial charge in [0.25, 0.3) is 0 Å². The Bertz CT molecular complexity index is 668. The fraction of sp³-hybridized carbons (Fsp3) is 0.611. The smallest absolute Gasteiger partial charge is 0.342 e. The summed E-state index contributed by atoms with van der Waals surface area (Å²) in [4.78, 5) is 14.9. The molecule has 1 saturated heterocycles. The normalized spacial score (nSPS) is 15.8. The molecule has 2 rings (SSSR count). The van der Waals surface area contributed by atoms with E-state index in [0.717, 1.165) is 25.9 Å². The van der Waals surface area contributed by atoms with E-state index in [9.17, 15) is 9.90 Å². The van der Waals surface area contributed by atoms with Crippen LogP contribution in [0, 0.1) is 13.8 Å². The van der Waals surface area contributed by atoms with Crippen molar-refractivity contribution in [3.8, 4) is 11.5 Å². The van der Waals surface area contributed by atoms with Crippen molar-refractivity contribution in [2.45, 2.75) is 43.4 Å². The van der Waals surface area contributed by atoms with E-state index in [0.29, 0.717) is 23.2 Å². The van der Waals surface area contributed by atoms with E-state index in [1.807, 2.05) is 0 Å². The number of hydrogen-bond donors (Lipinski definition) is 1. The van der Waals surface area contributed by atoms with Gasteiger partial charge in [-0.3, -0.25) is 4.90 Å². The first kappa shape index (κ1) is 21.4. The van der Waals surface area contributed by atoms with Crippen molar-refractivity contribution in [1.82, 2.24) is 4.90 Å². The number of nitrogens with zero attached hydrogens (tertiary/aromatic N) is 1. The number of hydrogen-bond acceptors (Lipinski definition) is 5. The predicted molar refractivity (Wildman–Crippen MR) is 104 cm³/mol. The van der Waals surface area contributed by atoms with Crippen LogP contribution in [0.15, 0.2) is 0 Å². The lowest BCUT2D eigenvalue weighted by Crippen LogP contribution is -2.30. The van der Waals surface area contributed by atoms with Crippen molar-refractivity contribution in [2.24, 2.45) is 0 Å². The summed E-state index contributed by atoms with van der Waals surface area (Å²) >= 11 is 17.0. The second-order valence-corrected chi connectivity index (χ2v) is 9.03. The maximum atomic E-state index is 12.6. The SMILES string of the molecule is COc1c(C)c(O)c(CN2CCCCC2)c(C)c1C(=O)OCC(Cl)(Cl)Cl. The van der Waals surface area contributed by atoms with Crippen molar-refractivity contribution in [3.05, 3.63) is 22.3 Å². The molecule has 1 heterocycles. The molecule has 0 aliphatic carbocycles. The van der Waals surface area contributed by atoms with Gasteiger partial charge in [-0.2, -0.15) is 0 Å². The Labute approximate surface area is 169 Å². The monoisotopic (exact) mass is 423 g/mol. The molecule has 0 aromatic heterocycles. The highest BCUT2D eigenvalue weighted by Crippen LogP contribution is 2.39. The lowest BCUT2D eigenvalue weighted by Gasteiger charge is -2.28. The van der Waals surface area contributed by atoms with Gasteiger partial charge in [-0.1, -0.05) is 41.2 Å². The number of aromatic hydroxyl groups is 1. The second-order valence-electron chi connectivity index (χ2n) is 6.51. The fourth-order valence-electron chi connectivity index (χ4n) is 3.28. The van der Waals surface area contributed by atoms with Crippen molar-refractivity contribution >= 4 is 40.8 Å². The summed E-state index contributed by atoms with van der Waals surface area (Å²) in [6, 6.07) is 0. The van der Waals surface area contributed by atoms with Gasteiger partial charge in [0, 0.05) is 17.7 Å². The Morgan fingerprint density at radius 1 is 1.15 bits per heavy atom. The number of carbonyl (C=O) groups is 1. The second kappa shape index (κ2) is 8.87. The van der Waals surface area contributed by atoms with E-state index in [4.69, 9.17) is 44.3 Å². The zero-order valence-corrected chi connectivity index (χ0v) is 17.5. The average Bonchev–Trinajstić information content (AvgIpc) is 2.59. The van der Waals surface area contributed by atoms with Crippen LogP contribution < -0.4 is 4.74 Å². The number of likely N-dealkylation sites (tertiary alicyclic amines) is 1. The van der Waals surface area contributed by atoms with E-state index in [2.05, 4.69) is 4.90 Å². The number of benzene rings is 1. The predicted octanol–water partition coefficient (Wildman–Crippen LogP) is 4.53. The molecule has 0 saturated carbocycles. The molecular weight excluding hydrogens is 401 g/mol. The molecule has 0 amide bonds. The van der Waals surface area contributed by atoms with Crippen LogP contribution in [0.4, 0.5) is 0 Å². The molecule has 1 N–H and O–H groups in total. The number of carbonyl (C=O) groups excluding carboxylic acids is 1. The largest absolute Gasteiger partial charge is 0.507 e. The Kier molecular flexibility index (Phi) is 7.31. The Morgan fingerprint density at radius 2 is 1.77 bits per heavy atom. The van der Waals surface area contributed by atoms with E-state index in [-0.39, 0.29) is 23.7 Å². The highest BCUT2D eigenvalue weighted by atomic mass is 35.6. The van der Waals surface area contributed by atoms with Crippen molar-refractivity contribution < 1.29 is 19.4 Å². The van der Waals surface area contributed by atoms with Gasteiger partial charge in [0.15, 0.2) is 0 Å². The molecule has 0 bridgehead atoms. The molecule has 146 valence electrons. The number of ether oxygens (including phenoxy) is 2. The summed E-state index contributed by atoms with van der Waals surface area (Å²) in [6.07, 6.45) is 3.48. The van der Waals surface area contributed by atoms with Crippen molar-refractivity contribution in [2.75, 3.05) is 26.8 Å². The van der Waals surface area contributed by atoms with Crippen LogP contribution in [0.1, 0.15) is 46.3 Å². The molecular formula is C18H24Cl3NO4. The summed E-state index contributed by atoms with van der Waals surface area (Å²) in [5, 5.41) is 10.7. The quantitative estimate of drug-likeness (QED) is 0.556. The molecule has 1 aliphatic rings. The fourth-order valence-corrected chi connectivity index (χ4v) is 3.44. The standard InChI is InChI=1S/C18H24Cl3NO4/c1-11-13(9-22-7-5-4-6-8-22)15(23)12(2)16(25-3)14(11)17(24)26-10-18(19,20)21/h23H,4-10H2,1-3H3. The Hall–Kier alpha value is -0.880. The molecule has 0 spiro atoms. The summed E-state index contributed by atoms with van der Waals surface area (Å²) < 4.78 is 8.81. The van der Waals surface area contributed by atoms with Gasteiger partial charge in [0.05, 0.1) is 7.11 Å². The number of methoxy groups -OCH3 is 1. The van der Waals surface area contributed by atoms with Crippen LogP contribution in [0.25, 0.3) is 0 Å². The summed E-state index contributed by atoms with van der Waals surface area (Å²) in [5.41, 5.74) is 2.06. The third-order valence-corrected chi connectivity index (χ3v) is 4.97. The van der Waals surface area contributed by atoms with Gasteiger partial charge in [0.1, 0.15) is 23.7 Å². The number of phenols is 1. The Balaban J connectivity index is 2.40. The van der Waals surface area contributed by atoms with Crippen LogP contribution in [0.3, 0.4) is 0 Å². The minimum Gasteiger partial charge on any atom is -0.507 e. The van der Waals surface area contributed by atoms with E-state index in [1.54, 1.807) is 13.8 Å². The molecule has 0 unspecified atom stereocenters. The summed E-state index contributed by atoms with van der Waals surface area (Å²) in [6.45, 7) is 5.60. The molecule has 1 fully saturated rings. The molecule has 5 nitrogen and oxygen atoms in total. The number of alkyl halides is 3. The van der Waals surface area contributed by atoms with E-state index in [1.165, 1.54) is 13.5 Å². The van der Waals surface area contributed by atoms with Gasteiger partial charge in [0.2, 0.25) is 3.79 Å². The van der Waals surface area contributed by atoms with Gasteiger partial charge in [-0.05, 0) is 45.3 Å². The minimum absolute atomic E-state index is 0.142. The highest BCUT2D eigenvalue weighted by molar-refractivity contribution is 6.67. The van der Waals surface area contributed by atoms with E-state index >= 15 is 0 Å². The summed E-state index contributed by atoms with van der Waals surface area (Å²) in [5.74, 6) is -0.228.